The topological polar surface area (TPSA) is 91.7 Å². The zero-order chi connectivity index (χ0) is 10.4. The molecule has 0 aromatic heterocycles. The first-order valence-corrected chi connectivity index (χ1v) is 4.50. The van der Waals surface area contributed by atoms with Crippen LogP contribution < -0.4 is 0 Å². The Morgan fingerprint density at radius 3 is 2.15 bits per heavy atom. The van der Waals surface area contributed by atoms with Crippen molar-refractivity contribution in [3.63, 3.8) is 0 Å². The summed E-state index contributed by atoms with van der Waals surface area (Å²) in [5, 5.41) is 16.7. The first-order chi connectivity index (χ1) is 5.93. The zero-order valence-electron chi connectivity index (χ0n) is 7.02. The van der Waals surface area contributed by atoms with Crippen LogP contribution in [0, 0.1) is 5.92 Å². The van der Waals surface area contributed by atoms with Crippen molar-refractivity contribution in [3.8, 4) is 0 Å². The van der Waals surface area contributed by atoms with Crippen LogP contribution in [0.1, 0.15) is 13.3 Å². The molecule has 74 valence electrons. The van der Waals surface area contributed by atoms with Crippen molar-refractivity contribution >= 4 is 28.8 Å². The Balaban J connectivity index is 4.02. The summed E-state index contributed by atoms with van der Waals surface area (Å²) in [6.45, 7) is 1.31. The minimum absolute atomic E-state index is 0.0109. The Kier molecular flexibility index (Phi) is 5.13. The lowest BCUT2D eigenvalue weighted by Gasteiger charge is -2.06. The van der Waals surface area contributed by atoms with E-state index in [1.54, 1.807) is 0 Å². The number of carbonyl (C=O) groups is 3. The van der Waals surface area contributed by atoms with Gasteiger partial charge in [-0.3, -0.25) is 14.4 Å². The van der Waals surface area contributed by atoms with Gasteiger partial charge in [0.1, 0.15) is 0 Å². The number of carboxylic acid groups (broad SMARTS) is 2. The van der Waals surface area contributed by atoms with E-state index in [1.165, 1.54) is 6.92 Å². The molecule has 0 radical (unpaired) electrons. The zero-order valence-corrected chi connectivity index (χ0v) is 7.84. The molecule has 0 bridgehead atoms. The lowest BCUT2D eigenvalue weighted by molar-refractivity contribution is -0.147. The summed E-state index contributed by atoms with van der Waals surface area (Å²) in [7, 11) is 0. The van der Waals surface area contributed by atoms with Crippen molar-refractivity contribution in [3.05, 3.63) is 0 Å². The molecular formula is C7H10O5S. The van der Waals surface area contributed by atoms with Crippen molar-refractivity contribution in [2.45, 2.75) is 13.3 Å². The highest BCUT2D eigenvalue weighted by molar-refractivity contribution is 8.13. The van der Waals surface area contributed by atoms with Gasteiger partial charge in [0, 0.05) is 12.7 Å². The SMILES string of the molecule is CC(=O)SC[C@H](CC(=O)O)C(=O)O. The predicted octanol–water partition coefficient (Wildman–Crippen LogP) is 0.442. The maximum absolute atomic E-state index is 10.5. The second kappa shape index (κ2) is 5.58. The van der Waals surface area contributed by atoms with Crippen LogP contribution in [0.4, 0.5) is 0 Å². The molecule has 0 aromatic rings. The Hall–Kier alpha value is -1.04. The lowest BCUT2D eigenvalue weighted by Crippen LogP contribution is -2.20. The minimum atomic E-state index is -1.18. The van der Waals surface area contributed by atoms with Crippen LogP contribution in [0.2, 0.25) is 0 Å². The van der Waals surface area contributed by atoms with Crippen LogP contribution in [0.25, 0.3) is 0 Å². The highest BCUT2D eigenvalue weighted by Crippen LogP contribution is 2.13. The number of aliphatic carboxylic acids is 2. The second-order valence-electron chi connectivity index (χ2n) is 2.44. The van der Waals surface area contributed by atoms with E-state index in [4.69, 9.17) is 10.2 Å². The standard InChI is InChI=1S/C7H10O5S/c1-4(8)13-3-5(7(11)12)2-6(9)10/h5H,2-3H2,1H3,(H,9,10)(H,11,12)/t5-/m0/s1. The summed E-state index contributed by atoms with van der Waals surface area (Å²) in [5.74, 6) is -3.34. The molecule has 0 aliphatic heterocycles. The van der Waals surface area contributed by atoms with E-state index in [-0.39, 0.29) is 10.9 Å². The number of rotatable bonds is 5. The van der Waals surface area contributed by atoms with Crippen molar-refractivity contribution in [1.29, 1.82) is 0 Å². The molecule has 0 spiro atoms. The van der Waals surface area contributed by atoms with Crippen LogP contribution in [0.15, 0.2) is 0 Å². The van der Waals surface area contributed by atoms with E-state index in [9.17, 15) is 14.4 Å². The fourth-order valence-corrected chi connectivity index (χ4v) is 1.34. The van der Waals surface area contributed by atoms with Gasteiger partial charge in [-0.15, -0.1) is 0 Å². The van der Waals surface area contributed by atoms with Gasteiger partial charge < -0.3 is 10.2 Å². The molecule has 0 aromatic carbocycles. The van der Waals surface area contributed by atoms with Crippen LogP contribution in [-0.4, -0.2) is 33.0 Å². The molecule has 0 fully saturated rings. The molecule has 0 aliphatic carbocycles. The fraction of sp³-hybridized carbons (Fsp3) is 0.571. The van der Waals surface area contributed by atoms with Crippen molar-refractivity contribution < 1.29 is 24.6 Å². The predicted molar refractivity (Wildman–Crippen MR) is 46.5 cm³/mol. The fourth-order valence-electron chi connectivity index (χ4n) is 0.646. The van der Waals surface area contributed by atoms with Crippen LogP contribution in [-0.2, 0) is 14.4 Å². The molecule has 6 heteroatoms. The van der Waals surface area contributed by atoms with Crippen molar-refractivity contribution in [1.82, 2.24) is 0 Å². The average Bonchev–Trinajstić information content (AvgIpc) is 1.96. The van der Waals surface area contributed by atoms with Gasteiger partial charge in [-0.2, -0.15) is 0 Å². The first kappa shape index (κ1) is 12.0. The van der Waals surface area contributed by atoms with Gasteiger partial charge in [0.15, 0.2) is 5.12 Å². The number of hydrogen-bond donors (Lipinski definition) is 2. The normalized spacial score (nSPS) is 12.1. The Morgan fingerprint density at radius 1 is 1.31 bits per heavy atom. The summed E-state index contributed by atoms with van der Waals surface area (Å²) in [5.41, 5.74) is 0. The number of thioether (sulfide) groups is 1. The van der Waals surface area contributed by atoms with Gasteiger partial charge in [0.25, 0.3) is 0 Å². The smallest absolute Gasteiger partial charge is 0.307 e. The molecule has 0 saturated heterocycles. The second-order valence-corrected chi connectivity index (χ2v) is 3.63. The summed E-state index contributed by atoms with van der Waals surface area (Å²) < 4.78 is 0. The molecule has 5 nitrogen and oxygen atoms in total. The quantitative estimate of drug-likeness (QED) is 0.678. The summed E-state index contributed by atoms with van der Waals surface area (Å²) in [4.78, 5) is 31.1. The molecule has 0 aliphatic rings. The Morgan fingerprint density at radius 2 is 1.85 bits per heavy atom. The van der Waals surface area contributed by atoms with Crippen molar-refractivity contribution in [2.75, 3.05) is 5.75 Å². The Labute approximate surface area is 79.1 Å². The van der Waals surface area contributed by atoms with Gasteiger partial charge in [-0.25, -0.2) is 0 Å². The molecule has 0 unspecified atom stereocenters. The monoisotopic (exact) mass is 206 g/mol. The molecule has 0 amide bonds. The molecular weight excluding hydrogens is 196 g/mol. The summed E-state index contributed by atoms with van der Waals surface area (Å²) in [6.07, 6.45) is -0.449. The maximum atomic E-state index is 10.5. The minimum Gasteiger partial charge on any atom is -0.481 e. The van der Waals surface area contributed by atoms with E-state index in [0.29, 0.717) is 0 Å². The van der Waals surface area contributed by atoms with Gasteiger partial charge in [-0.05, 0) is 0 Å². The molecule has 0 saturated carbocycles. The largest absolute Gasteiger partial charge is 0.481 e. The van der Waals surface area contributed by atoms with E-state index in [2.05, 4.69) is 0 Å². The van der Waals surface area contributed by atoms with Gasteiger partial charge in [-0.1, -0.05) is 11.8 Å². The van der Waals surface area contributed by atoms with E-state index in [0.717, 1.165) is 11.8 Å². The van der Waals surface area contributed by atoms with Gasteiger partial charge >= 0.3 is 11.9 Å². The average molecular weight is 206 g/mol. The summed E-state index contributed by atoms with van der Waals surface area (Å²) >= 11 is 0.827. The van der Waals surface area contributed by atoms with E-state index in [1.807, 2.05) is 0 Å². The number of carbonyl (C=O) groups excluding carboxylic acids is 1. The molecule has 0 heterocycles. The molecule has 13 heavy (non-hydrogen) atoms. The van der Waals surface area contributed by atoms with Gasteiger partial charge in [0.05, 0.1) is 12.3 Å². The molecule has 2 N–H and O–H groups in total. The summed E-state index contributed by atoms with van der Waals surface area (Å²) in [6, 6.07) is 0. The number of carboxylic acids is 2. The first-order valence-electron chi connectivity index (χ1n) is 3.51. The molecule has 1 atom stereocenters. The van der Waals surface area contributed by atoms with Crippen LogP contribution in [0.3, 0.4) is 0 Å². The van der Waals surface area contributed by atoms with Crippen LogP contribution in [0.5, 0.6) is 0 Å². The highest BCUT2D eigenvalue weighted by atomic mass is 32.2. The van der Waals surface area contributed by atoms with Crippen LogP contribution >= 0.6 is 11.8 Å². The Bertz CT molecular complexity index is 225. The van der Waals surface area contributed by atoms with Gasteiger partial charge in [0.2, 0.25) is 0 Å². The van der Waals surface area contributed by atoms with E-state index >= 15 is 0 Å². The number of hydrogen-bond acceptors (Lipinski definition) is 4. The molecule has 0 rings (SSSR count). The lowest BCUT2D eigenvalue weighted by atomic mass is 10.1. The van der Waals surface area contributed by atoms with Crippen molar-refractivity contribution in [2.24, 2.45) is 5.92 Å². The highest BCUT2D eigenvalue weighted by Gasteiger charge is 2.21. The third-order valence-corrected chi connectivity index (χ3v) is 2.23. The third-order valence-electron chi connectivity index (χ3n) is 1.26. The maximum Gasteiger partial charge on any atom is 0.307 e. The third kappa shape index (κ3) is 6.15. The van der Waals surface area contributed by atoms with E-state index < -0.39 is 24.3 Å².